The molecule has 0 spiro atoms. The van der Waals surface area contributed by atoms with Gasteiger partial charge in [-0.15, -0.1) is 0 Å². The quantitative estimate of drug-likeness (QED) is 0.665. The summed E-state index contributed by atoms with van der Waals surface area (Å²) in [6.07, 6.45) is 6.21. The molecule has 1 aromatic carbocycles. The molecule has 0 aliphatic carbocycles. The SMILES string of the molecule is CCCCCCC(COc1ccc(Cl)cc1Cl)C(C)(C)[NH3+].[Cl-]. The van der Waals surface area contributed by atoms with E-state index in [4.69, 9.17) is 27.9 Å². The second-order valence-corrected chi connectivity index (χ2v) is 7.26. The second kappa shape index (κ2) is 10.6. The summed E-state index contributed by atoms with van der Waals surface area (Å²) in [7, 11) is 0. The van der Waals surface area contributed by atoms with E-state index in [1.165, 1.54) is 25.7 Å². The van der Waals surface area contributed by atoms with Crippen LogP contribution in [-0.2, 0) is 0 Å². The van der Waals surface area contributed by atoms with E-state index in [-0.39, 0.29) is 17.9 Å². The topological polar surface area (TPSA) is 36.9 Å². The van der Waals surface area contributed by atoms with Crippen molar-refractivity contribution in [3.63, 3.8) is 0 Å². The van der Waals surface area contributed by atoms with Crippen LogP contribution in [0.4, 0.5) is 0 Å². The van der Waals surface area contributed by atoms with Crippen LogP contribution in [0.25, 0.3) is 0 Å². The largest absolute Gasteiger partial charge is 1.00 e. The molecule has 128 valence electrons. The van der Waals surface area contributed by atoms with Gasteiger partial charge in [-0.3, -0.25) is 0 Å². The highest BCUT2D eigenvalue weighted by Gasteiger charge is 2.29. The lowest BCUT2D eigenvalue weighted by Gasteiger charge is -2.27. The Kier molecular flexibility index (Phi) is 10.5. The average Bonchev–Trinajstić information content (AvgIpc) is 2.38. The highest BCUT2D eigenvalue weighted by molar-refractivity contribution is 6.35. The predicted molar refractivity (Wildman–Crippen MR) is 91.2 cm³/mol. The first-order valence-corrected chi connectivity index (χ1v) is 8.53. The van der Waals surface area contributed by atoms with Crippen molar-refractivity contribution < 1.29 is 22.9 Å². The van der Waals surface area contributed by atoms with Crippen molar-refractivity contribution >= 4 is 23.2 Å². The predicted octanol–water partition coefficient (Wildman–Crippen LogP) is 1.98. The minimum absolute atomic E-state index is 0. The van der Waals surface area contributed by atoms with Gasteiger partial charge in [0.05, 0.1) is 17.2 Å². The monoisotopic (exact) mass is 367 g/mol. The van der Waals surface area contributed by atoms with Gasteiger partial charge in [-0.25, -0.2) is 0 Å². The minimum Gasteiger partial charge on any atom is -1.00 e. The fourth-order valence-corrected chi connectivity index (χ4v) is 2.76. The van der Waals surface area contributed by atoms with Crippen molar-refractivity contribution in [3.8, 4) is 5.75 Å². The van der Waals surface area contributed by atoms with Crippen molar-refractivity contribution in [1.82, 2.24) is 0 Å². The van der Waals surface area contributed by atoms with Gasteiger partial charge in [0, 0.05) is 10.9 Å². The molecule has 2 nitrogen and oxygen atoms in total. The molecule has 0 heterocycles. The molecular formula is C17H28Cl3NO. The van der Waals surface area contributed by atoms with Crippen molar-refractivity contribution in [1.29, 1.82) is 0 Å². The van der Waals surface area contributed by atoms with E-state index in [0.717, 1.165) is 6.42 Å². The Morgan fingerprint density at radius 2 is 1.86 bits per heavy atom. The van der Waals surface area contributed by atoms with Crippen molar-refractivity contribution in [2.45, 2.75) is 58.4 Å². The molecule has 0 amide bonds. The van der Waals surface area contributed by atoms with Gasteiger partial charge in [0.2, 0.25) is 0 Å². The Bertz CT molecular complexity index is 432. The molecule has 3 N–H and O–H groups in total. The van der Waals surface area contributed by atoms with Gasteiger partial charge >= 0.3 is 0 Å². The molecule has 0 bridgehead atoms. The lowest BCUT2D eigenvalue weighted by Crippen LogP contribution is -3.00. The second-order valence-electron chi connectivity index (χ2n) is 6.42. The molecule has 0 saturated heterocycles. The standard InChI is InChI=1S/C17H27Cl2NO.ClH/c1-4-5-6-7-8-13(17(2,3)20)12-21-16-10-9-14(18)11-15(16)19;/h9-11,13H,4-8,12,20H2,1-3H3;1H. The molecular weight excluding hydrogens is 341 g/mol. The first-order chi connectivity index (χ1) is 9.84. The summed E-state index contributed by atoms with van der Waals surface area (Å²) in [6, 6.07) is 5.34. The first kappa shape index (κ1) is 21.9. The summed E-state index contributed by atoms with van der Waals surface area (Å²) >= 11 is 12.0. The molecule has 5 heteroatoms. The molecule has 1 unspecified atom stereocenters. The van der Waals surface area contributed by atoms with Gasteiger partial charge in [0.15, 0.2) is 0 Å². The van der Waals surface area contributed by atoms with Crippen molar-refractivity contribution in [2.24, 2.45) is 5.92 Å². The Morgan fingerprint density at radius 3 is 2.41 bits per heavy atom. The third-order valence-corrected chi connectivity index (χ3v) is 4.38. The summed E-state index contributed by atoms with van der Waals surface area (Å²) in [4.78, 5) is 0. The number of hydrogen-bond acceptors (Lipinski definition) is 1. The van der Waals surface area contributed by atoms with E-state index in [2.05, 4.69) is 26.5 Å². The Morgan fingerprint density at radius 1 is 1.18 bits per heavy atom. The Labute approximate surface area is 151 Å². The van der Waals surface area contributed by atoms with E-state index in [1.54, 1.807) is 12.1 Å². The summed E-state index contributed by atoms with van der Waals surface area (Å²) < 4.78 is 5.91. The van der Waals surface area contributed by atoms with E-state index in [0.29, 0.717) is 28.3 Å². The van der Waals surface area contributed by atoms with E-state index in [9.17, 15) is 0 Å². The van der Waals surface area contributed by atoms with Crippen LogP contribution in [0.2, 0.25) is 10.0 Å². The lowest BCUT2D eigenvalue weighted by molar-refractivity contribution is -0.481. The van der Waals surface area contributed by atoms with Crippen LogP contribution >= 0.6 is 23.2 Å². The van der Waals surface area contributed by atoms with E-state index >= 15 is 0 Å². The number of ether oxygens (including phenoxy) is 1. The highest BCUT2D eigenvalue weighted by atomic mass is 35.5. The molecule has 0 aromatic heterocycles. The maximum atomic E-state index is 6.15. The zero-order chi connectivity index (χ0) is 15.9. The molecule has 0 fully saturated rings. The fraction of sp³-hybridized carbons (Fsp3) is 0.647. The van der Waals surface area contributed by atoms with Gasteiger partial charge < -0.3 is 22.9 Å². The van der Waals surface area contributed by atoms with Crippen LogP contribution in [0.15, 0.2) is 18.2 Å². The molecule has 0 aliphatic heterocycles. The molecule has 1 aromatic rings. The van der Waals surface area contributed by atoms with Gasteiger partial charge in [0.1, 0.15) is 5.75 Å². The Hall–Kier alpha value is -0.150. The van der Waals surface area contributed by atoms with Gasteiger partial charge in [-0.1, -0.05) is 55.8 Å². The smallest absolute Gasteiger partial charge is 0.138 e. The van der Waals surface area contributed by atoms with Crippen LogP contribution in [0, 0.1) is 5.92 Å². The van der Waals surface area contributed by atoms with Gasteiger partial charge in [0.25, 0.3) is 0 Å². The zero-order valence-electron chi connectivity index (χ0n) is 13.8. The maximum Gasteiger partial charge on any atom is 0.138 e. The van der Waals surface area contributed by atoms with Crippen LogP contribution in [0.3, 0.4) is 0 Å². The number of unbranched alkanes of at least 4 members (excludes halogenated alkanes) is 3. The molecule has 0 saturated carbocycles. The Balaban J connectivity index is 0.00000441. The molecule has 0 aliphatic rings. The molecule has 22 heavy (non-hydrogen) atoms. The number of halogens is 3. The first-order valence-electron chi connectivity index (χ1n) is 7.77. The van der Waals surface area contributed by atoms with Gasteiger partial charge in [-0.2, -0.15) is 0 Å². The van der Waals surface area contributed by atoms with Crippen molar-refractivity contribution in [2.75, 3.05) is 6.61 Å². The third-order valence-electron chi connectivity index (χ3n) is 3.85. The third kappa shape index (κ3) is 7.92. The van der Waals surface area contributed by atoms with E-state index in [1.807, 2.05) is 6.07 Å². The molecule has 1 atom stereocenters. The number of quaternary nitrogens is 1. The number of benzene rings is 1. The van der Waals surface area contributed by atoms with Crippen LogP contribution in [0.5, 0.6) is 5.75 Å². The summed E-state index contributed by atoms with van der Waals surface area (Å²) in [6.45, 7) is 7.22. The highest BCUT2D eigenvalue weighted by Crippen LogP contribution is 2.29. The zero-order valence-corrected chi connectivity index (χ0v) is 16.1. The summed E-state index contributed by atoms with van der Waals surface area (Å²) in [5, 5.41) is 1.19. The van der Waals surface area contributed by atoms with Crippen LogP contribution < -0.4 is 22.9 Å². The minimum atomic E-state index is -0.00881. The van der Waals surface area contributed by atoms with Crippen LogP contribution in [-0.4, -0.2) is 12.1 Å². The normalized spacial score (nSPS) is 12.6. The number of rotatable bonds is 9. The summed E-state index contributed by atoms with van der Waals surface area (Å²) in [5.41, 5.74) is 4.28. The molecule has 0 radical (unpaired) electrons. The van der Waals surface area contributed by atoms with Gasteiger partial charge in [-0.05, 0) is 38.5 Å². The molecule has 1 rings (SSSR count). The van der Waals surface area contributed by atoms with Crippen molar-refractivity contribution in [3.05, 3.63) is 28.2 Å². The fourth-order valence-electron chi connectivity index (χ4n) is 2.30. The van der Waals surface area contributed by atoms with E-state index < -0.39 is 0 Å². The van der Waals surface area contributed by atoms with Crippen LogP contribution in [0.1, 0.15) is 52.9 Å². The lowest BCUT2D eigenvalue weighted by atomic mass is 9.85. The maximum absolute atomic E-state index is 6.15. The number of hydrogen-bond donors (Lipinski definition) is 1. The summed E-state index contributed by atoms with van der Waals surface area (Å²) in [5.74, 6) is 1.12. The average molecular weight is 369 g/mol.